The number of benzene rings is 1. The number of carbonyl (C=O) groups excluding carboxylic acids is 1. The van der Waals surface area contributed by atoms with Crippen molar-refractivity contribution >= 4 is 28.4 Å². The van der Waals surface area contributed by atoms with Gasteiger partial charge in [0.2, 0.25) is 17.6 Å². The Kier molecular flexibility index (Phi) is 7.67. The summed E-state index contributed by atoms with van der Waals surface area (Å²) in [6, 6.07) is 10.7. The molecule has 2 N–H and O–H groups in total. The average Bonchev–Trinajstić information content (AvgIpc) is 3.48. The number of halogens is 1. The zero-order valence-corrected chi connectivity index (χ0v) is 20.4. The van der Waals surface area contributed by atoms with Gasteiger partial charge in [-0.25, -0.2) is 0 Å². The molecule has 3 aromatic rings. The number of aliphatic hydroxyl groups excluding tert-OH is 1. The Labute approximate surface area is 209 Å². The van der Waals surface area contributed by atoms with Gasteiger partial charge in [0.05, 0.1) is 13.2 Å². The summed E-state index contributed by atoms with van der Waals surface area (Å²) in [6.07, 6.45) is 5.27. The molecule has 2 saturated heterocycles. The van der Waals surface area contributed by atoms with Crippen molar-refractivity contribution in [1.82, 2.24) is 24.9 Å². The van der Waals surface area contributed by atoms with Crippen molar-refractivity contribution in [3.63, 3.8) is 0 Å². The fraction of sp³-hybridized carbons (Fsp3) is 0.560. The zero-order valence-electron chi connectivity index (χ0n) is 19.7. The Hall–Kier alpha value is -2.46. The van der Waals surface area contributed by atoms with E-state index in [0.717, 1.165) is 45.3 Å². The minimum absolute atomic E-state index is 0.0964. The van der Waals surface area contributed by atoms with Crippen LogP contribution >= 0.6 is 11.6 Å². The molecule has 35 heavy (non-hydrogen) atoms. The number of carbonyl (C=O) groups is 1. The number of aliphatic hydroxyl groups is 1. The molecular formula is C25H32ClN5O4. The van der Waals surface area contributed by atoms with Crippen LogP contribution in [0.3, 0.4) is 0 Å². The largest absolute Gasteiger partial charge is 0.396 e. The summed E-state index contributed by atoms with van der Waals surface area (Å²) in [5, 5.41) is 17.3. The fourth-order valence-corrected chi connectivity index (χ4v) is 5.51. The second kappa shape index (κ2) is 11.1. The van der Waals surface area contributed by atoms with Crippen LogP contribution in [0.1, 0.15) is 49.9 Å². The summed E-state index contributed by atoms with van der Waals surface area (Å²) in [4.78, 5) is 18.6. The van der Waals surface area contributed by atoms with E-state index in [9.17, 15) is 4.79 Å². The van der Waals surface area contributed by atoms with Gasteiger partial charge in [-0.05, 0) is 49.1 Å². The summed E-state index contributed by atoms with van der Waals surface area (Å²) in [6.45, 7) is 2.98. The quantitative estimate of drug-likeness (QED) is 0.456. The van der Waals surface area contributed by atoms with Gasteiger partial charge in [0.25, 0.3) is 0 Å². The van der Waals surface area contributed by atoms with Crippen molar-refractivity contribution in [2.75, 3.05) is 19.7 Å². The van der Waals surface area contributed by atoms with Gasteiger partial charge in [0, 0.05) is 43.8 Å². The molecule has 3 unspecified atom stereocenters. The van der Waals surface area contributed by atoms with Gasteiger partial charge in [0.1, 0.15) is 11.7 Å². The molecule has 2 aromatic heterocycles. The Morgan fingerprint density at radius 3 is 2.86 bits per heavy atom. The monoisotopic (exact) mass is 501 g/mol. The molecule has 0 aliphatic carbocycles. The molecule has 2 fully saturated rings. The van der Waals surface area contributed by atoms with Crippen molar-refractivity contribution in [2.24, 2.45) is 5.92 Å². The van der Waals surface area contributed by atoms with Crippen LogP contribution in [0, 0.1) is 5.92 Å². The number of aromatic nitrogens is 3. The van der Waals surface area contributed by atoms with E-state index in [-0.39, 0.29) is 36.6 Å². The number of ether oxygens (including phenoxy) is 1. The van der Waals surface area contributed by atoms with Crippen molar-refractivity contribution in [3.8, 4) is 0 Å². The number of hydrogen-bond acceptors (Lipinski definition) is 7. The van der Waals surface area contributed by atoms with Crippen molar-refractivity contribution in [1.29, 1.82) is 0 Å². The first kappa shape index (κ1) is 24.2. The first-order valence-corrected chi connectivity index (χ1v) is 12.8. The van der Waals surface area contributed by atoms with E-state index in [0.29, 0.717) is 24.2 Å². The first-order valence-electron chi connectivity index (χ1n) is 12.4. The molecule has 5 rings (SSSR count). The lowest BCUT2D eigenvalue weighted by Gasteiger charge is -2.31. The number of para-hydroxylation sites is 1. The van der Waals surface area contributed by atoms with Crippen LogP contribution in [0.15, 0.2) is 41.1 Å². The number of alkyl halides is 1. The standard InChI is InChI=1S/C25H32ClN5O4/c26-22-14-17(15-31-11-5-18-3-1-2-4-20(18)31)13-21(34-22)25-28-24(35-29-25)16-30-9-6-19(7-10-30)27-23(33)8-12-32/h1-5,11,17,19,21-22,32H,6-10,12-16H2,(H,27,33). The number of nitrogens with one attached hydrogen (secondary N) is 1. The average molecular weight is 502 g/mol. The highest BCUT2D eigenvalue weighted by molar-refractivity contribution is 6.19. The van der Waals surface area contributed by atoms with E-state index in [4.69, 9.17) is 26.0 Å². The van der Waals surface area contributed by atoms with Crippen molar-refractivity contribution < 1.29 is 19.2 Å². The molecule has 2 aliphatic heterocycles. The fourth-order valence-electron chi connectivity index (χ4n) is 5.13. The van der Waals surface area contributed by atoms with Crippen LogP contribution in [-0.2, 0) is 22.6 Å². The highest BCUT2D eigenvalue weighted by Crippen LogP contribution is 2.36. The Balaban J connectivity index is 1.15. The van der Waals surface area contributed by atoms with Gasteiger partial charge in [0.15, 0.2) is 0 Å². The number of hydrogen-bond donors (Lipinski definition) is 2. The second-order valence-corrected chi connectivity index (χ2v) is 10.0. The van der Waals surface area contributed by atoms with E-state index in [2.05, 4.69) is 61.5 Å². The third-order valence-corrected chi connectivity index (χ3v) is 7.22. The van der Waals surface area contributed by atoms with E-state index in [1.165, 1.54) is 10.9 Å². The highest BCUT2D eigenvalue weighted by Gasteiger charge is 2.33. The highest BCUT2D eigenvalue weighted by atomic mass is 35.5. The van der Waals surface area contributed by atoms with Crippen LogP contribution in [0.2, 0.25) is 0 Å². The Morgan fingerprint density at radius 1 is 1.20 bits per heavy atom. The molecule has 0 bridgehead atoms. The van der Waals surface area contributed by atoms with Crippen LogP contribution in [0.5, 0.6) is 0 Å². The number of likely N-dealkylation sites (tertiary alicyclic amines) is 1. The topological polar surface area (TPSA) is 106 Å². The lowest BCUT2D eigenvalue weighted by molar-refractivity contribution is -0.122. The van der Waals surface area contributed by atoms with Gasteiger partial charge < -0.3 is 24.3 Å². The number of fused-ring (bicyclic) bond motifs is 1. The SMILES string of the molecule is O=C(CCO)NC1CCN(Cc2nc(C3CC(Cn4ccc5ccccc54)CC(Cl)O3)no2)CC1. The Bertz CT molecular complexity index is 1130. The Morgan fingerprint density at radius 2 is 2.03 bits per heavy atom. The van der Waals surface area contributed by atoms with Gasteiger partial charge >= 0.3 is 0 Å². The number of piperidine rings is 1. The van der Waals surface area contributed by atoms with Crippen LogP contribution in [0.25, 0.3) is 10.9 Å². The molecule has 2 aliphatic rings. The van der Waals surface area contributed by atoms with E-state index in [1.54, 1.807) is 0 Å². The van der Waals surface area contributed by atoms with Gasteiger partial charge in [-0.3, -0.25) is 9.69 Å². The first-order chi connectivity index (χ1) is 17.1. The zero-order chi connectivity index (χ0) is 24.2. The maximum atomic E-state index is 11.7. The third-order valence-electron chi connectivity index (χ3n) is 6.94. The van der Waals surface area contributed by atoms with Crippen molar-refractivity contribution in [2.45, 2.75) is 62.9 Å². The summed E-state index contributed by atoms with van der Waals surface area (Å²) >= 11 is 6.48. The molecule has 188 valence electrons. The predicted molar refractivity (Wildman–Crippen MR) is 131 cm³/mol. The lowest BCUT2D eigenvalue weighted by Crippen LogP contribution is -2.44. The predicted octanol–water partition coefficient (Wildman–Crippen LogP) is 3.22. The van der Waals surface area contributed by atoms with E-state index >= 15 is 0 Å². The summed E-state index contributed by atoms with van der Waals surface area (Å²) < 4.78 is 13.8. The number of nitrogens with zero attached hydrogens (tertiary/aromatic N) is 4. The van der Waals surface area contributed by atoms with Crippen LogP contribution in [0.4, 0.5) is 0 Å². The molecule has 9 nitrogen and oxygen atoms in total. The third kappa shape index (κ3) is 6.03. The van der Waals surface area contributed by atoms with Gasteiger partial charge in [-0.2, -0.15) is 4.98 Å². The van der Waals surface area contributed by atoms with E-state index < -0.39 is 0 Å². The number of rotatable bonds is 8. The van der Waals surface area contributed by atoms with Gasteiger partial charge in [-0.1, -0.05) is 35.0 Å². The molecule has 10 heteroatoms. The molecular weight excluding hydrogens is 470 g/mol. The van der Waals surface area contributed by atoms with Gasteiger partial charge in [-0.15, -0.1) is 0 Å². The maximum Gasteiger partial charge on any atom is 0.240 e. The normalized spacial score (nSPS) is 24.1. The van der Waals surface area contributed by atoms with E-state index in [1.807, 2.05) is 0 Å². The summed E-state index contributed by atoms with van der Waals surface area (Å²) in [5.41, 5.74) is 0.836. The molecule has 4 heterocycles. The molecule has 1 aromatic carbocycles. The lowest BCUT2D eigenvalue weighted by atomic mass is 9.95. The molecule has 1 amide bonds. The minimum Gasteiger partial charge on any atom is -0.396 e. The molecule has 3 atom stereocenters. The van der Waals surface area contributed by atoms with Crippen LogP contribution < -0.4 is 5.32 Å². The summed E-state index contributed by atoms with van der Waals surface area (Å²) in [7, 11) is 0. The number of amides is 1. The maximum absolute atomic E-state index is 11.7. The molecule has 0 radical (unpaired) electrons. The molecule has 0 saturated carbocycles. The van der Waals surface area contributed by atoms with Crippen molar-refractivity contribution in [3.05, 3.63) is 48.2 Å². The summed E-state index contributed by atoms with van der Waals surface area (Å²) in [5.74, 6) is 1.37. The molecule has 0 spiro atoms. The van der Waals surface area contributed by atoms with Crippen LogP contribution in [-0.4, -0.2) is 61.9 Å². The minimum atomic E-state index is -0.386. The second-order valence-electron chi connectivity index (χ2n) is 9.54. The smallest absolute Gasteiger partial charge is 0.240 e.